The Morgan fingerprint density at radius 1 is 1.21 bits per heavy atom. The third kappa shape index (κ3) is 3.35. The Kier molecular flexibility index (Phi) is 4.79. The van der Waals surface area contributed by atoms with Crippen LogP contribution in [0.3, 0.4) is 0 Å². The normalized spacial score (nSPS) is 19.8. The molecule has 6 heteroatoms. The van der Waals surface area contributed by atoms with Gasteiger partial charge in [0.2, 0.25) is 5.91 Å². The molecule has 0 radical (unpaired) electrons. The Hall–Kier alpha value is -2.89. The van der Waals surface area contributed by atoms with Gasteiger partial charge in [-0.1, -0.05) is 31.0 Å². The lowest BCUT2D eigenvalue weighted by Crippen LogP contribution is -2.44. The lowest BCUT2D eigenvalue weighted by atomic mass is 9.87. The number of rotatable bonds is 5. The summed E-state index contributed by atoms with van der Waals surface area (Å²) in [6, 6.07) is 11.3. The molecule has 0 unspecified atom stereocenters. The highest BCUT2D eigenvalue weighted by Crippen LogP contribution is 2.39. The summed E-state index contributed by atoms with van der Waals surface area (Å²) in [7, 11) is 1.55. The molecule has 1 aliphatic carbocycles. The van der Waals surface area contributed by atoms with Gasteiger partial charge in [0.1, 0.15) is 11.6 Å². The van der Waals surface area contributed by atoms with Crippen molar-refractivity contribution in [2.45, 2.75) is 43.7 Å². The average molecular weight is 382 g/mol. The first-order valence-corrected chi connectivity index (χ1v) is 9.57. The molecule has 2 amide bonds. The zero-order chi connectivity index (χ0) is 19.7. The van der Waals surface area contributed by atoms with E-state index >= 15 is 0 Å². The standard InChI is InChI=1S/C22H23FN2O3/c1-28-16-8-9-17-18(12-16)21(27)24-19(17)13-20(26)25-22(10-2-3-11-22)14-4-6-15(23)7-5-14/h4-9,12,19H,2-3,10-11,13H2,1H3,(H,24,27)(H,25,26)/t19-/m1/s1. The van der Waals surface area contributed by atoms with Crippen LogP contribution in [-0.4, -0.2) is 18.9 Å². The summed E-state index contributed by atoms with van der Waals surface area (Å²) in [5.41, 5.74) is 1.82. The van der Waals surface area contributed by atoms with E-state index < -0.39 is 5.54 Å². The van der Waals surface area contributed by atoms with Crippen molar-refractivity contribution in [2.75, 3.05) is 7.11 Å². The second kappa shape index (κ2) is 7.26. The minimum atomic E-state index is -0.462. The number of fused-ring (bicyclic) bond motifs is 1. The Morgan fingerprint density at radius 2 is 1.93 bits per heavy atom. The highest BCUT2D eigenvalue weighted by Gasteiger charge is 2.38. The molecular formula is C22H23FN2O3. The van der Waals surface area contributed by atoms with Crippen LogP contribution in [0.2, 0.25) is 0 Å². The average Bonchev–Trinajstić information content (AvgIpc) is 3.27. The van der Waals surface area contributed by atoms with E-state index in [-0.39, 0.29) is 30.1 Å². The third-order valence-corrected chi connectivity index (χ3v) is 5.81. The van der Waals surface area contributed by atoms with Crippen LogP contribution in [0, 0.1) is 5.82 Å². The van der Waals surface area contributed by atoms with Crippen LogP contribution in [0.4, 0.5) is 4.39 Å². The molecule has 2 N–H and O–H groups in total. The van der Waals surface area contributed by atoms with Crippen molar-refractivity contribution >= 4 is 11.8 Å². The fourth-order valence-electron chi connectivity index (χ4n) is 4.37. The summed E-state index contributed by atoms with van der Waals surface area (Å²) < 4.78 is 18.5. The van der Waals surface area contributed by atoms with Crippen molar-refractivity contribution < 1.29 is 18.7 Å². The number of carbonyl (C=O) groups excluding carboxylic acids is 2. The Balaban J connectivity index is 1.51. The zero-order valence-corrected chi connectivity index (χ0v) is 15.8. The molecule has 2 aliphatic rings. The van der Waals surface area contributed by atoms with E-state index in [9.17, 15) is 14.0 Å². The lowest BCUT2D eigenvalue weighted by molar-refractivity contribution is -0.123. The van der Waals surface area contributed by atoms with Gasteiger partial charge in [0.05, 0.1) is 25.1 Å². The molecule has 1 saturated carbocycles. The number of carbonyl (C=O) groups is 2. The molecule has 1 heterocycles. The molecule has 0 bridgehead atoms. The first kappa shape index (κ1) is 18.5. The predicted octanol–water partition coefficient (Wildman–Crippen LogP) is 3.59. The minimum Gasteiger partial charge on any atom is -0.497 e. The van der Waals surface area contributed by atoms with Crippen LogP contribution in [0.15, 0.2) is 42.5 Å². The number of halogens is 1. The molecule has 4 rings (SSSR count). The van der Waals surface area contributed by atoms with Gasteiger partial charge < -0.3 is 15.4 Å². The quantitative estimate of drug-likeness (QED) is 0.830. The van der Waals surface area contributed by atoms with Crippen molar-refractivity contribution in [1.29, 1.82) is 0 Å². The maximum Gasteiger partial charge on any atom is 0.252 e. The Labute approximate surface area is 163 Å². The maximum absolute atomic E-state index is 13.3. The van der Waals surface area contributed by atoms with Crippen molar-refractivity contribution in [2.24, 2.45) is 0 Å². The smallest absolute Gasteiger partial charge is 0.252 e. The fraction of sp³-hybridized carbons (Fsp3) is 0.364. The largest absolute Gasteiger partial charge is 0.497 e. The van der Waals surface area contributed by atoms with E-state index in [4.69, 9.17) is 4.74 Å². The van der Waals surface area contributed by atoms with E-state index in [1.165, 1.54) is 12.1 Å². The van der Waals surface area contributed by atoms with Gasteiger partial charge in [0.25, 0.3) is 5.91 Å². The molecule has 1 fully saturated rings. The minimum absolute atomic E-state index is 0.125. The Bertz CT molecular complexity index is 904. The second-order valence-corrected chi connectivity index (χ2v) is 7.53. The lowest BCUT2D eigenvalue weighted by Gasteiger charge is -2.31. The molecule has 1 aliphatic heterocycles. The van der Waals surface area contributed by atoms with Gasteiger partial charge in [-0.25, -0.2) is 4.39 Å². The summed E-state index contributed by atoms with van der Waals surface area (Å²) >= 11 is 0. The van der Waals surface area contributed by atoms with Gasteiger partial charge in [-0.3, -0.25) is 9.59 Å². The summed E-state index contributed by atoms with van der Waals surface area (Å²) in [4.78, 5) is 25.1. The molecule has 0 aromatic heterocycles. The van der Waals surface area contributed by atoms with Gasteiger partial charge in [-0.2, -0.15) is 0 Å². The molecule has 5 nitrogen and oxygen atoms in total. The molecule has 0 spiro atoms. The number of amides is 2. The van der Waals surface area contributed by atoms with E-state index in [1.807, 2.05) is 6.07 Å². The highest BCUT2D eigenvalue weighted by molar-refractivity contribution is 6.00. The molecule has 2 aromatic carbocycles. The van der Waals surface area contributed by atoms with Crippen molar-refractivity contribution in [3.63, 3.8) is 0 Å². The summed E-state index contributed by atoms with van der Waals surface area (Å²) in [6.07, 6.45) is 3.85. The fourth-order valence-corrected chi connectivity index (χ4v) is 4.37. The van der Waals surface area contributed by atoms with Gasteiger partial charge >= 0.3 is 0 Å². The number of nitrogens with one attached hydrogen (secondary N) is 2. The van der Waals surface area contributed by atoms with Crippen molar-refractivity contribution in [1.82, 2.24) is 10.6 Å². The molecule has 2 aromatic rings. The van der Waals surface area contributed by atoms with Crippen LogP contribution >= 0.6 is 0 Å². The van der Waals surface area contributed by atoms with Gasteiger partial charge in [0, 0.05) is 5.56 Å². The Morgan fingerprint density at radius 3 is 2.61 bits per heavy atom. The topological polar surface area (TPSA) is 67.4 Å². The molecule has 0 saturated heterocycles. The monoisotopic (exact) mass is 382 g/mol. The highest BCUT2D eigenvalue weighted by atomic mass is 19.1. The summed E-state index contributed by atoms with van der Waals surface area (Å²) in [5.74, 6) is 0.00477. The zero-order valence-electron chi connectivity index (χ0n) is 15.8. The number of hydrogen-bond donors (Lipinski definition) is 2. The number of ether oxygens (including phenoxy) is 1. The van der Waals surface area contributed by atoms with Gasteiger partial charge in [-0.05, 0) is 48.2 Å². The van der Waals surface area contributed by atoms with Crippen LogP contribution < -0.4 is 15.4 Å². The molecule has 1 atom stereocenters. The van der Waals surface area contributed by atoms with Gasteiger partial charge in [0.15, 0.2) is 0 Å². The number of benzene rings is 2. The van der Waals surface area contributed by atoms with Crippen molar-refractivity contribution in [3.8, 4) is 5.75 Å². The van der Waals surface area contributed by atoms with Gasteiger partial charge in [-0.15, -0.1) is 0 Å². The number of hydrogen-bond acceptors (Lipinski definition) is 3. The molecule has 28 heavy (non-hydrogen) atoms. The van der Waals surface area contributed by atoms with E-state index in [0.717, 1.165) is 36.8 Å². The second-order valence-electron chi connectivity index (χ2n) is 7.53. The maximum atomic E-state index is 13.3. The summed E-state index contributed by atoms with van der Waals surface area (Å²) in [6.45, 7) is 0. The van der Waals surface area contributed by atoms with Crippen LogP contribution in [0.5, 0.6) is 5.75 Å². The van der Waals surface area contributed by atoms with E-state index in [2.05, 4.69) is 10.6 Å². The van der Waals surface area contributed by atoms with Crippen LogP contribution in [-0.2, 0) is 10.3 Å². The van der Waals surface area contributed by atoms with Crippen LogP contribution in [0.1, 0.15) is 59.6 Å². The van der Waals surface area contributed by atoms with Crippen molar-refractivity contribution in [3.05, 3.63) is 65.0 Å². The SMILES string of the molecule is COc1ccc2c(c1)C(=O)N[C@@H]2CC(=O)NC1(c2ccc(F)cc2)CCCC1. The number of methoxy groups -OCH3 is 1. The van der Waals surface area contributed by atoms with E-state index in [1.54, 1.807) is 31.4 Å². The molecular weight excluding hydrogens is 359 g/mol. The predicted molar refractivity (Wildman–Crippen MR) is 103 cm³/mol. The molecule has 146 valence electrons. The van der Waals surface area contributed by atoms with E-state index in [0.29, 0.717) is 11.3 Å². The van der Waals surface area contributed by atoms with Crippen LogP contribution in [0.25, 0.3) is 0 Å². The first-order chi connectivity index (χ1) is 13.5. The summed E-state index contributed by atoms with van der Waals surface area (Å²) in [5, 5.41) is 6.07. The third-order valence-electron chi connectivity index (χ3n) is 5.81. The first-order valence-electron chi connectivity index (χ1n) is 9.57.